The molecular formula is C13H14FeO-6. The summed E-state index contributed by atoms with van der Waals surface area (Å²) in [4.78, 5) is 0. The van der Waals surface area contributed by atoms with Crippen LogP contribution in [0.4, 0.5) is 0 Å². The van der Waals surface area contributed by atoms with Gasteiger partial charge in [0, 0.05) is 17.1 Å². The number of hydrogen-bond acceptors (Lipinski definition) is 1. The molecule has 1 fully saturated rings. The van der Waals surface area contributed by atoms with Crippen molar-refractivity contribution in [3.8, 4) is 0 Å². The summed E-state index contributed by atoms with van der Waals surface area (Å²) >= 11 is 0. The minimum Gasteiger partial charge on any atom is -0.748 e. The van der Waals surface area contributed by atoms with Crippen LogP contribution in [0.25, 0.3) is 0 Å². The number of epoxide rings is 1. The molecule has 0 spiro atoms. The number of rotatable bonds is 2. The molecule has 86 valence electrons. The normalized spacial score (nSPS) is 17.2. The molecule has 0 N–H and O–H groups in total. The average molecular weight is 242 g/mol. The van der Waals surface area contributed by atoms with Gasteiger partial charge in [0.1, 0.15) is 0 Å². The van der Waals surface area contributed by atoms with E-state index >= 15 is 0 Å². The molecule has 0 radical (unpaired) electrons. The zero-order chi connectivity index (χ0) is 9.64. The predicted octanol–water partition coefficient (Wildman–Crippen LogP) is 2.75. The van der Waals surface area contributed by atoms with Gasteiger partial charge >= 0.3 is 0 Å². The molecule has 15 heavy (non-hydrogen) atoms. The van der Waals surface area contributed by atoms with Crippen molar-refractivity contribution in [1.29, 1.82) is 0 Å². The predicted molar refractivity (Wildman–Crippen MR) is 57.5 cm³/mol. The summed E-state index contributed by atoms with van der Waals surface area (Å²) in [7, 11) is 0. The van der Waals surface area contributed by atoms with Crippen LogP contribution in [0.15, 0.2) is 54.6 Å². The average Bonchev–Trinajstić information content (AvgIpc) is 2.76. The summed E-state index contributed by atoms with van der Waals surface area (Å²) in [6.07, 6.45) is 1.64. The van der Waals surface area contributed by atoms with E-state index in [4.69, 9.17) is 4.74 Å². The molecule has 1 unspecified atom stereocenters. The molecule has 1 atom stereocenters. The topological polar surface area (TPSA) is 12.5 Å². The summed E-state index contributed by atoms with van der Waals surface area (Å²) in [6.45, 7) is 0.963. The molecule has 0 saturated carbocycles. The van der Waals surface area contributed by atoms with Gasteiger partial charge in [-0.1, -0.05) is 0 Å². The largest absolute Gasteiger partial charge is 0.748 e. The first kappa shape index (κ1) is 12.3. The van der Waals surface area contributed by atoms with Crippen molar-refractivity contribution >= 4 is 0 Å². The fourth-order valence-electron chi connectivity index (χ4n) is 1.32. The van der Waals surface area contributed by atoms with E-state index in [0.29, 0.717) is 6.10 Å². The Morgan fingerprint density at radius 1 is 1.20 bits per heavy atom. The van der Waals surface area contributed by atoms with Crippen LogP contribution in [-0.4, -0.2) is 12.7 Å². The first-order valence-corrected chi connectivity index (χ1v) is 4.94. The van der Waals surface area contributed by atoms with Crippen LogP contribution in [0.2, 0.25) is 0 Å². The second kappa shape index (κ2) is 6.62. The molecule has 2 aromatic rings. The van der Waals surface area contributed by atoms with E-state index in [2.05, 4.69) is 24.3 Å². The Morgan fingerprint density at radius 2 is 1.80 bits per heavy atom. The van der Waals surface area contributed by atoms with Crippen LogP contribution in [0, 0.1) is 0 Å². The van der Waals surface area contributed by atoms with Crippen LogP contribution in [-0.2, 0) is 28.2 Å². The zero-order valence-electron chi connectivity index (χ0n) is 8.45. The maximum Gasteiger partial charge on any atom is 0.0707 e. The second-order valence-corrected chi connectivity index (χ2v) is 3.41. The van der Waals surface area contributed by atoms with Crippen LogP contribution in [0.3, 0.4) is 0 Å². The molecule has 0 amide bonds. The summed E-state index contributed by atoms with van der Waals surface area (Å²) < 4.78 is 5.08. The molecule has 0 bridgehead atoms. The van der Waals surface area contributed by atoms with Crippen molar-refractivity contribution in [2.45, 2.75) is 12.5 Å². The third kappa shape index (κ3) is 4.98. The van der Waals surface area contributed by atoms with Crippen LogP contribution >= 0.6 is 0 Å². The molecule has 0 aromatic heterocycles. The van der Waals surface area contributed by atoms with Gasteiger partial charge in [-0.3, -0.25) is 0 Å². The maximum atomic E-state index is 5.08. The smallest absolute Gasteiger partial charge is 0.0707 e. The van der Waals surface area contributed by atoms with E-state index in [1.807, 2.05) is 30.3 Å². The minimum absolute atomic E-state index is 0. The molecule has 0 aliphatic carbocycles. The molecule has 3 rings (SSSR count). The van der Waals surface area contributed by atoms with E-state index in [0.717, 1.165) is 13.0 Å². The summed E-state index contributed by atoms with van der Waals surface area (Å²) in [6, 6.07) is 18.4. The summed E-state index contributed by atoms with van der Waals surface area (Å²) in [5.74, 6) is 0. The molecule has 2 aromatic carbocycles. The van der Waals surface area contributed by atoms with Gasteiger partial charge in [0.15, 0.2) is 0 Å². The van der Waals surface area contributed by atoms with Gasteiger partial charge in [-0.15, -0.1) is 0 Å². The Hall–Kier alpha value is -0.821. The quantitative estimate of drug-likeness (QED) is 0.448. The first-order valence-electron chi connectivity index (χ1n) is 4.94. The monoisotopic (exact) mass is 242 g/mol. The fraction of sp³-hybridized carbons (Fsp3) is 0.231. The Labute approximate surface area is 101 Å². The van der Waals surface area contributed by atoms with Gasteiger partial charge in [0.05, 0.1) is 12.7 Å². The standard InChI is InChI=1S/C8H9O.C5H5.Fe/c1-2-4-7(3-1)5-8-6-9-8;1-2-4-5-3-1;/h1-4,8H,5-6H2;1-5H;/q-5;-1;. The van der Waals surface area contributed by atoms with Crippen LogP contribution < -0.4 is 0 Å². The van der Waals surface area contributed by atoms with Crippen molar-refractivity contribution in [3.63, 3.8) is 0 Å². The van der Waals surface area contributed by atoms with Crippen molar-refractivity contribution in [1.82, 2.24) is 0 Å². The van der Waals surface area contributed by atoms with Crippen molar-refractivity contribution < 1.29 is 21.8 Å². The maximum absolute atomic E-state index is 5.08. The van der Waals surface area contributed by atoms with Crippen molar-refractivity contribution in [2.75, 3.05) is 6.61 Å². The van der Waals surface area contributed by atoms with Gasteiger partial charge in [0.25, 0.3) is 0 Å². The van der Waals surface area contributed by atoms with Gasteiger partial charge in [-0.25, -0.2) is 12.1 Å². The fourth-order valence-corrected chi connectivity index (χ4v) is 1.32. The van der Waals surface area contributed by atoms with Crippen LogP contribution in [0.1, 0.15) is 5.56 Å². The van der Waals surface area contributed by atoms with Gasteiger partial charge in [-0.2, -0.15) is 24.6 Å². The molecule has 2 heteroatoms. The third-order valence-electron chi connectivity index (χ3n) is 2.15. The molecule has 1 aliphatic heterocycles. The molecular weight excluding hydrogens is 228 g/mol. The second-order valence-electron chi connectivity index (χ2n) is 3.41. The minimum atomic E-state index is 0. The number of ether oxygens (including phenoxy) is 1. The molecule has 1 heterocycles. The van der Waals surface area contributed by atoms with Gasteiger partial charge < -0.3 is 34.6 Å². The number of hydrogen-bond donors (Lipinski definition) is 0. The molecule has 1 nitrogen and oxygen atoms in total. The van der Waals surface area contributed by atoms with E-state index < -0.39 is 0 Å². The van der Waals surface area contributed by atoms with E-state index in [9.17, 15) is 0 Å². The summed E-state index contributed by atoms with van der Waals surface area (Å²) in [5, 5.41) is 0. The Kier molecular flexibility index (Phi) is 5.41. The van der Waals surface area contributed by atoms with Crippen LogP contribution in [0.5, 0.6) is 0 Å². The van der Waals surface area contributed by atoms with E-state index in [1.165, 1.54) is 5.56 Å². The molecule has 1 aliphatic rings. The molecule has 1 saturated heterocycles. The van der Waals surface area contributed by atoms with E-state index in [1.54, 1.807) is 0 Å². The van der Waals surface area contributed by atoms with E-state index in [-0.39, 0.29) is 17.1 Å². The van der Waals surface area contributed by atoms with Gasteiger partial charge in [-0.05, 0) is 0 Å². The van der Waals surface area contributed by atoms with Crippen molar-refractivity contribution in [2.24, 2.45) is 0 Å². The van der Waals surface area contributed by atoms with Crippen molar-refractivity contribution in [3.05, 3.63) is 60.2 Å². The SMILES string of the molecule is [Fe].[cH-]1[cH-][cH-][c-](CC2CO2)[cH-]1.c1cc[cH-]c1. The Morgan fingerprint density at radius 3 is 2.20 bits per heavy atom. The first-order chi connectivity index (χ1) is 6.95. The Balaban J connectivity index is 0.000000162. The van der Waals surface area contributed by atoms with Gasteiger partial charge in [0.2, 0.25) is 0 Å². The Bertz CT molecular complexity index is 302. The zero-order valence-corrected chi connectivity index (χ0v) is 9.55. The summed E-state index contributed by atoms with van der Waals surface area (Å²) in [5.41, 5.74) is 1.40. The third-order valence-corrected chi connectivity index (χ3v) is 2.15.